The number of rotatable bonds is 3. The van der Waals surface area contributed by atoms with Crippen molar-refractivity contribution in [2.45, 2.75) is 6.61 Å². The van der Waals surface area contributed by atoms with Crippen LogP contribution in [0.4, 0.5) is 0 Å². The van der Waals surface area contributed by atoms with Crippen LogP contribution in [0.1, 0.15) is 5.56 Å². The summed E-state index contributed by atoms with van der Waals surface area (Å²) in [6.45, 7) is 0.327. The lowest BCUT2D eigenvalue weighted by Gasteiger charge is -2.03. The van der Waals surface area contributed by atoms with Gasteiger partial charge >= 0.3 is 0 Å². The quantitative estimate of drug-likeness (QED) is 0.881. The van der Waals surface area contributed by atoms with Crippen molar-refractivity contribution in [3.05, 3.63) is 51.5 Å². The molecule has 0 unspecified atom stereocenters. The van der Waals surface area contributed by atoms with E-state index in [4.69, 9.17) is 9.84 Å². The Morgan fingerprint density at radius 1 is 1.31 bits per heavy atom. The molecule has 0 atom stereocenters. The number of aromatic hydroxyl groups is 1. The molecule has 0 saturated heterocycles. The Labute approximate surface area is 95.8 Å². The Balaban J connectivity index is 2.08. The number of benzene rings is 1. The van der Waals surface area contributed by atoms with Gasteiger partial charge in [0.1, 0.15) is 6.61 Å². The minimum absolute atomic E-state index is 0.175. The van der Waals surface area contributed by atoms with Crippen LogP contribution >= 0.6 is 11.3 Å². The van der Waals surface area contributed by atoms with Gasteiger partial charge in [-0.3, -0.25) is 4.79 Å². The predicted molar refractivity (Wildman–Crippen MR) is 60.8 cm³/mol. The van der Waals surface area contributed by atoms with Crippen LogP contribution in [0.3, 0.4) is 0 Å². The van der Waals surface area contributed by atoms with Crippen molar-refractivity contribution in [1.29, 1.82) is 0 Å². The van der Waals surface area contributed by atoms with Gasteiger partial charge in [-0.15, -0.1) is 0 Å². The first-order valence-corrected chi connectivity index (χ1v) is 5.43. The van der Waals surface area contributed by atoms with E-state index in [1.165, 1.54) is 0 Å². The first-order chi connectivity index (χ1) is 7.74. The molecule has 0 saturated carbocycles. The number of hydrogen-bond acceptors (Lipinski definition) is 5. The van der Waals surface area contributed by atoms with Crippen LogP contribution in [0.2, 0.25) is 0 Å². The van der Waals surface area contributed by atoms with Gasteiger partial charge in [0.05, 0.1) is 6.07 Å². The van der Waals surface area contributed by atoms with Crippen molar-refractivity contribution >= 4 is 11.3 Å². The maximum atomic E-state index is 11.1. The molecule has 0 aliphatic carbocycles. The smallest absolute Gasteiger partial charge is 0.280 e. The van der Waals surface area contributed by atoms with Crippen molar-refractivity contribution in [3.63, 3.8) is 0 Å². The van der Waals surface area contributed by atoms with Crippen LogP contribution in [-0.4, -0.2) is 10.1 Å². The fourth-order valence-corrected chi connectivity index (χ4v) is 1.74. The average molecular weight is 235 g/mol. The molecule has 0 aliphatic rings. The van der Waals surface area contributed by atoms with Gasteiger partial charge in [-0.1, -0.05) is 30.3 Å². The standard InChI is InChI=1S/C11H9NO3S/c13-9-6-10(14)16-11(12-9)15-7-8-4-2-1-3-5-8/h1-6,13H,7H2. The summed E-state index contributed by atoms with van der Waals surface area (Å²) in [6, 6.07) is 10.6. The van der Waals surface area contributed by atoms with Crippen molar-refractivity contribution in [2.24, 2.45) is 0 Å². The maximum Gasteiger partial charge on any atom is 0.280 e. The second kappa shape index (κ2) is 4.76. The fourth-order valence-electron chi connectivity index (χ4n) is 1.15. The van der Waals surface area contributed by atoms with E-state index in [1.807, 2.05) is 30.3 Å². The lowest BCUT2D eigenvalue weighted by molar-refractivity contribution is 0.298. The molecular formula is C11H9NO3S. The summed E-state index contributed by atoms with van der Waals surface area (Å²) < 4.78 is 5.02. The number of nitrogens with zero attached hydrogens (tertiary/aromatic N) is 1. The second-order valence-electron chi connectivity index (χ2n) is 3.08. The zero-order valence-electron chi connectivity index (χ0n) is 8.29. The van der Waals surface area contributed by atoms with E-state index in [1.54, 1.807) is 0 Å². The lowest BCUT2D eigenvalue weighted by atomic mass is 10.2. The molecule has 2 aromatic rings. The Bertz CT molecular complexity index is 524. The summed E-state index contributed by atoms with van der Waals surface area (Å²) >= 11 is 0.862. The van der Waals surface area contributed by atoms with Crippen LogP contribution < -0.4 is 9.48 Å². The second-order valence-corrected chi connectivity index (χ2v) is 4.03. The minimum Gasteiger partial charge on any atom is -0.493 e. The topological polar surface area (TPSA) is 59.4 Å². The van der Waals surface area contributed by atoms with E-state index in [-0.39, 0.29) is 15.8 Å². The van der Waals surface area contributed by atoms with E-state index in [2.05, 4.69) is 4.98 Å². The molecule has 1 aromatic heterocycles. The van der Waals surface area contributed by atoms with E-state index in [9.17, 15) is 4.79 Å². The Hall–Kier alpha value is -1.88. The van der Waals surface area contributed by atoms with Crippen LogP contribution in [0.25, 0.3) is 0 Å². The number of hydrogen-bond donors (Lipinski definition) is 1. The summed E-state index contributed by atoms with van der Waals surface area (Å²) in [4.78, 5) is 14.8. The third-order valence-electron chi connectivity index (χ3n) is 1.85. The third-order valence-corrected chi connectivity index (χ3v) is 2.55. The molecule has 1 heterocycles. The van der Waals surface area contributed by atoms with E-state index < -0.39 is 0 Å². The van der Waals surface area contributed by atoms with Gasteiger partial charge in [-0.05, 0) is 16.9 Å². The van der Waals surface area contributed by atoms with Crippen molar-refractivity contribution < 1.29 is 9.84 Å². The first-order valence-electron chi connectivity index (χ1n) is 4.62. The molecule has 0 spiro atoms. The molecule has 0 fully saturated rings. The van der Waals surface area contributed by atoms with E-state index in [0.29, 0.717) is 6.61 Å². The normalized spacial score (nSPS) is 10.0. The molecule has 5 heteroatoms. The molecule has 0 radical (unpaired) electrons. The Kier molecular flexibility index (Phi) is 3.16. The van der Waals surface area contributed by atoms with Crippen molar-refractivity contribution in [2.75, 3.05) is 0 Å². The summed E-state index contributed by atoms with van der Waals surface area (Å²) in [5.74, 6) is -0.313. The minimum atomic E-state index is -0.313. The highest BCUT2D eigenvalue weighted by Gasteiger charge is 2.02. The highest BCUT2D eigenvalue weighted by Crippen LogP contribution is 2.15. The van der Waals surface area contributed by atoms with Crippen molar-refractivity contribution in [1.82, 2.24) is 4.98 Å². The molecule has 2 rings (SSSR count). The van der Waals surface area contributed by atoms with Gasteiger partial charge in [0.15, 0.2) is 0 Å². The SMILES string of the molecule is O=c1cc(O)nc(OCc2ccccc2)s1. The maximum absolute atomic E-state index is 11.1. The van der Waals surface area contributed by atoms with Gasteiger partial charge in [0.2, 0.25) is 10.6 Å². The highest BCUT2D eigenvalue weighted by molar-refractivity contribution is 7.10. The molecule has 0 amide bonds. The molecule has 4 nitrogen and oxygen atoms in total. The van der Waals surface area contributed by atoms with Crippen LogP contribution in [0, 0.1) is 0 Å². The number of aromatic nitrogens is 1. The first kappa shape index (κ1) is 10.6. The molecule has 0 aliphatic heterocycles. The van der Waals surface area contributed by atoms with Crippen LogP contribution in [0.5, 0.6) is 11.1 Å². The molecular weight excluding hydrogens is 226 g/mol. The van der Waals surface area contributed by atoms with Crippen molar-refractivity contribution in [3.8, 4) is 11.1 Å². The zero-order chi connectivity index (χ0) is 11.4. The summed E-state index contributed by atoms with van der Waals surface area (Å²) in [7, 11) is 0. The summed E-state index contributed by atoms with van der Waals surface area (Å²) in [5.41, 5.74) is 0.979. The largest absolute Gasteiger partial charge is 0.493 e. The summed E-state index contributed by atoms with van der Waals surface area (Å²) in [5, 5.41) is 9.28. The zero-order valence-corrected chi connectivity index (χ0v) is 9.11. The third kappa shape index (κ3) is 2.80. The predicted octanol–water partition coefficient (Wildman–Crippen LogP) is 1.79. The fraction of sp³-hybridized carbons (Fsp3) is 0.0909. The van der Waals surface area contributed by atoms with Crippen LogP contribution in [0.15, 0.2) is 41.2 Å². The molecule has 1 aromatic carbocycles. The van der Waals surface area contributed by atoms with Crippen LogP contribution in [-0.2, 0) is 6.61 Å². The molecule has 16 heavy (non-hydrogen) atoms. The van der Waals surface area contributed by atoms with Gasteiger partial charge in [0.25, 0.3) is 5.19 Å². The Morgan fingerprint density at radius 2 is 2.06 bits per heavy atom. The lowest BCUT2D eigenvalue weighted by Crippen LogP contribution is -1.99. The molecule has 82 valence electrons. The Morgan fingerprint density at radius 3 is 2.75 bits per heavy atom. The average Bonchev–Trinajstić information content (AvgIpc) is 2.27. The highest BCUT2D eigenvalue weighted by atomic mass is 32.1. The van der Waals surface area contributed by atoms with E-state index in [0.717, 1.165) is 23.0 Å². The van der Waals surface area contributed by atoms with Gasteiger partial charge in [-0.25, -0.2) is 0 Å². The molecule has 1 N–H and O–H groups in total. The van der Waals surface area contributed by atoms with E-state index >= 15 is 0 Å². The van der Waals surface area contributed by atoms with Gasteiger partial charge in [-0.2, -0.15) is 4.98 Å². The molecule has 0 bridgehead atoms. The van der Waals surface area contributed by atoms with Gasteiger partial charge in [0, 0.05) is 0 Å². The van der Waals surface area contributed by atoms with Gasteiger partial charge < -0.3 is 9.84 Å². The number of ether oxygens (including phenoxy) is 1. The summed E-state index contributed by atoms with van der Waals surface area (Å²) in [6.07, 6.45) is 0. The monoisotopic (exact) mass is 235 g/mol.